The van der Waals surface area contributed by atoms with Crippen LogP contribution in [-0.2, 0) is 52.3 Å². The van der Waals surface area contributed by atoms with Gasteiger partial charge in [0.25, 0.3) is 0 Å². The number of aliphatic hydroxyl groups is 5. The Labute approximate surface area is 517 Å². The van der Waals surface area contributed by atoms with Crippen molar-refractivity contribution in [2.45, 2.75) is 169 Å². The van der Waals surface area contributed by atoms with Crippen molar-refractivity contribution in [1.82, 2.24) is 10.8 Å². The van der Waals surface area contributed by atoms with E-state index < -0.39 is 132 Å². The Morgan fingerprint density at radius 1 is 0.893 bits per heavy atom. The van der Waals surface area contributed by atoms with Gasteiger partial charge in [0.05, 0.1) is 97.3 Å². The lowest BCUT2D eigenvalue weighted by Crippen LogP contribution is -2.65. The summed E-state index contributed by atoms with van der Waals surface area (Å²) in [6.45, 7) is 9.41. The summed E-state index contributed by atoms with van der Waals surface area (Å²) in [5, 5.41) is 60.2. The number of aliphatic hydroxyl groups excluding tert-OH is 4. The molecule has 7 N–H and O–H groups in total. The van der Waals surface area contributed by atoms with Gasteiger partial charge >= 0.3 is 6.09 Å². The van der Waals surface area contributed by atoms with Crippen molar-refractivity contribution in [2.75, 3.05) is 60.7 Å². The Morgan fingerprint density at radius 3 is 2.29 bits per heavy atom. The molecule has 20 atom stereocenters. The van der Waals surface area contributed by atoms with Gasteiger partial charge in [-0.2, -0.15) is 10.5 Å². The molecule has 4 heterocycles. The van der Waals surface area contributed by atoms with Crippen LogP contribution in [0.5, 0.6) is 17.2 Å². The molecule has 2 bridgehead atoms. The van der Waals surface area contributed by atoms with E-state index in [1.54, 1.807) is 40.9 Å². The first-order valence-corrected chi connectivity index (χ1v) is 33.0. The summed E-state index contributed by atoms with van der Waals surface area (Å²) in [6, 6.07) is -1.27. The minimum atomic E-state index is -2.04. The number of ether oxygens (including phenoxy) is 12. The highest BCUT2D eigenvalue weighted by atomic mass is 127. The minimum absolute atomic E-state index is 0.0264. The van der Waals surface area contributed by atoms with Crippen LogP contribution in [0.3, 0.4) is 0 Å². The average molecular weight is 1370 g/mol. The fraction of sp³-hybridized carbons (Fsp3) is 0.673. The van der Waals surface area contributed by atoms with Crippen LogP contribution in [0.25, 0.3) is 0 Å². The molecule has 466 valence electrons. The van der Waals surface area contributed by atoms with Crippen LogP contribution in [0.4, 0.5) is 4.79 Å². The lowest BCUT2D eigenvalue weighted by molar-refractivity contribution is -0.338. The van der Waals surface area contributed by atoms with Crippen molar-refractivity contribution in [3.8, 4) is 40.9 Å². The Morgan fingerprint density at radius 2 is 1.62 bits per heavy atom. The summed E-state index contributed by atoms with van der Waals surface area (Å²) >= 11 is 2.82. The first-order valence-electron chi connectivity index (χ1n) is 27.0. The number of amides is 1. The van der Waals surface area contributed by atoms with Gasteiger partial charge in [-0.15, -0.1) is 0 Å². The van der Waals surface area contributed by atoms with E-state index in [-0.39, 0.29) is 65.7 Å². The number of nitrogens with zero attached hydrogens (tertiary/aromatic N) is 1. The number of hydrogen-bond acceptors (Lipinski definition) is 27. The molecule has 2 aliphatic carbocycles. The van der Waals surface area contributed by atoms with Crippen LogP contribution in [-0.4, -0.2) is 224 Å². The molecule has 6 aliphatic rings. The van der Waals surface area contributed by atoms with Gasteiger partial charge in [-0.05, 0) is 96.2 Å². The van der Waals surface area contributed by atoms with E-state index in [2.05, 4.69) is 39.5 Å². The summed E-state index contributed by atoms with van der Waals surface area (Å²) in [4.78, 5) is 51.6. The Balaban J connectivity index is 1.11. The second kappa shape index (κ2) is 31.6. The van der Waals surface area contributed by atoms with Crippen LogP contribution in [0.2, 0.25) is 0 Å². The van der Waals surface area contributed by atoms with Crippen LogP contribution < -0.4 is 25.0 Å². The van der Waals surface area contributed by atoms with Gasteiger partial charge in [-0.1, -0.05) is 70.0 Å². The number of benzene rings is 1. The third-order valence-electron chi connectivity index (χ3n) is 14.9. The molecule has 0 spiro atoms. The van der Waals surface area contributed by atoms with E-state index in [0.717, 1.165) is 18.9 Å². The molecule has 7 rings (SSSR count). The van der Waals surface area contributed by atoms with E-state index in [0.29, 0.717) is 21.4 Å². The zero-order valence-electron chi connectivity index (χ0n) is 48.2. The van der Waals surface area contributed by atoms with Crippen LogP contribution in [0.1, 0.15) is 62.9 Å². The molecule has 84 heavy (non-hydrogen) atoms. The van der Waals surface area contributed by atoms with Gasteiger partial charge in [-0.3, -0.25) is 14.4 Å². The van der Waals surface area contributed by atoms with Gasteiger partial charge in [0.15, 0.2) is 41.8 Å². The zero-order chi connectivity index (χ0) is 61.2. The Kier molecular flexibility index (Phi) is 25.8. The van der Waals surface area contributed by atoms with Crippen LogP contribution in [0, 0.1) is 40.1 Å². The first kappa shape index (κ1) is 68.7. The summed E-state index contributed by atoms with van der Waals surface area (Å²) in [5.74, 6) is 10.0. The summed E-state index contributed by atoms with van der Waals surface area (Å²) in [7, 11) is 11.2. The number of likely N-dealkylation sites (N-methyl/N-ethyl adjacent to an activating group) is 1. The second-order valence-corrected chi connectivity index (χ2v) is 26.8. The molecule has 4 aliphatic heterocycles. The number of carbonyl (C=O) groups excluding carboxylic acids is 3. The average Bonchev–Trinajstić information content (AvgIpc) is 1.36. The van der Waals surface area contributed by atoms with Gasteiger partial charge in [0.2, 0.25) is 17.2 Å². The number of fused-ring (bicyclic) bond motifs is 2. The van der Waals surface area contributed by atoms with Crippen molar-refractivity contribution in [3.05, 3.63) is 38.5 Å². The van der Waals surface area contributed by atoms with E-state index in [9.17, 15) is 39.9 Å². The molecular weight excluding hydrogens is 1290 g/mol. The van der Waals surface area contributed by atoms with Crippen molar-refractivity contribution >= 4 is 88.5 Å². The number of Topliss-reactive ketones (excluding diaryl/α,β-unsaturated/α-hetero) is 1. The molecule has 4 saturated heterocycles. The number of rotatable bonds is 21. The van der Waals surface area contributed by atoms with E-state index in [1.807, 2.05) is 35.8 Å². The number of hydrogen-bond donors (Lipinski definition) is 7. The maximum atomic E-state index is 14.4. The van der Waals surface area contributed by atoms with Gasteiger partial charge in [0.1, 0.15) is 42.3 Å². The maximum Gasteiger partial charge on any atom is 0.433 e. The third kappa shape index (κ3) is 15.8. The summed E-state index contributed by atoms with van der Waals surface area (Å²) in [5.41, 5.74) is 1.34. The largest absolute Gasteiger partial charge is 0.492 e. The lowest BCUT2D eigenvalue weighted by atomic mass is 9.69. The predicted octanol–water partition coefficient (Wildman–Crippen LogP) is 3.41. The molecule has 24 nitrogen and oxygen atoms in total. The number of nitrogens with one attached hydrogen (secondary N) is 2. The third-order valence-corrected chi connectivity index (χ3v) is 21.3. The highest BCUT2D eigenvalue weighted by molar-refractivity contribution is 14.1. The highest BCUT2D eigenvalue weighted by Gasteiger charge is 2.54. The van der Waals surface area contributed by atoms with Crippen LogP contribution >= 0.6 is 65.8 Å². The first-order chi connectivity index (χ1) is 40.2. The SMILES string of the molecule is CCN[C@H]1CO[C@@H](O[C@H]2C(O[C@H]3C#CC=CC#C[C@@]4(O)CC(=O)C(=NC(=O)OC)C3C4=CCSSSC)O[C@H](C)[C@@H](NO[C@H]3C[C@H](O)[C@H](SC(=O)c4c(C)c(I)c(O[C@@H]5O[C@@H](C)[C@H](O)[C@@H](OC)[C@H]5O)c(OC)c4OC)[C@@H](C)O3)[C@@H]2O)C[C@@H]1OC. The standard InChI is InChI=1S/C55H74IN3O21S4/c1-12-57-30-24-73-35(22-34(30)68-6)78-48-43(63)40(26(3)75-53(48)77-33-17-15-13-14-16-19-55(67)23-32(61)41(58-54(66)72-10)38(33)29(55)18-20-82-84-81-11)59-80-36-21-31(60)50(28(5)74-36)83-51(65)37-25(2)39(56)46(49(71-9)45(37)69-7)79-52-44(64)47(70-8)42(62)27(4)76-52/h13-14,18,26-28,30-31,33-36,38,40,42-44,47-48,50,52-53,57,59-60,62-64,67H,12,20-24H2,1-11H3/t26-,27+,28-,30+,31+,33+,34+,35+,36+,38?,40-,42+,43+,44-,47-,48-,50-,52+,53?,55-/m1/s1. The number of halogens is 1. The van der Waals surface area contributed by atoms with E-state index in [1.165, 1.54) is 64.9 Å². The molecule has 2 unspecified atom stereocenters. The van der Waals surface area contributed by atoms with Gasteiger partial charge in [0, 0.05) is 32.8 Å². The quantitative estimate of drug-likeness (QED) is 0.0232. The van der Waals surface area contributed by atoms with Crippen molar-refractivity contribution in [1.29, 1.82) is 0 Å². The Bertz CT molecular complexity index is 2700. The fourth-order valence-electron chi connectivity index (χ4n) is 10.7. The number of aliphatic imine (C=N–C) groups is 1. The number of methoxy groups -OCH3 is 5. The Hall–Kier alpha value is -2.81. The number of carbonyl (C=O) groups is 3. The molecule has 1 aromatic carbocycles. The van der Waals surface area contributed by atoms with Gasteiger partial charge in [-0.25, -0.2) is 4.79 Å². The number of thioether (sulfide) groups is 1. The number of allylic oxidation sites excluding steroid dienone is 2. The minimum Gasteiger partial charge on any atom is -0.492 e. The topological polar surface area (TPSA) is 309 Å². The summed E-state index contributed by atoms with van der Waals surface area (Å²) < 4.78 is 72.5. The predicted molar refractivity (Wildman–Crippen MR) is 320 cm³/mol. The van der Waals surface area contributed by atoms with Crippen molar-refractivity contribution in [2.24, 2.45) is 10.9 Å². The second-order valence-electron chi connectivity index (χ2n) is 20.2. The highest BCUT2D eigenvalue weighted by Crippen LogP contribution is 2.49. The number of hydroxylamine groups is 1. The van der Waals surface area contributed by atoms with E-state index >= 15 is 0 Å². The molecule has 0 aromatic heterocycles. The zero-order valence-corrected chi connectivity index (χ0v) is 53.6. The summed E-state index contributed by atoms with van der Waals surface area (Å²) in [6.07, 6.45) is -11.9. The van der Waals surface area contributed by atoms with Crippen LogP contribution in [0.15, 0.2) is 28.8 Å². The monoisotopic (exact) mass is 1370 g/mol. The molecule has 1 aromatic rings. The molecule has 5 fully saturated rings. The lowest BCUT2D eigenvalue weighted by Gasteiger charge is -2.47. The smallest absolute Gasteiger partial charge is 0.433 e. The van der Waals surface area contributed by atoms with Gasteiger partial charge < -0.3 is 87.7 Å². The maximum absolute atomic E-state index is 14.4. The molecule has 0 radical (unpaired) electrons. The molecule has 1 saturated carbocycles. The number of ketones is 1. The normalized spacial score (nSPS) is 36.9. The van der Waals surface area contributed by atoms with E-state index in [4.69, 9.17) is 61.7 Å². The van der Waals surface area contributed by atoms with Crippen molar-refractivity contribution in [3.63, 3.8) is 0 Å². The molecule has 1 amide bonds. The van der Waals surface area contributed by atoms with Crippen molar-refractivity contribution < 1.29 is 102 Å². The molecule has 29 heteroatoms. The molecular formula is C55H74IN3O21S4. The fourth-order valence-corrected chi connectivity index (χ4v) is 14.9.